The van der Waals surface area contributed by atoms with Gasteiger partial charge in [-0.1, -0.05) is 0 Å². The maximum absolute atomic E-state index is 10.9. The number of aromatic nitrogens is 2. The molecule has 0 amide bonds. The van der Waals surface area contributed by atoms with E-state index in [1.807, 2.05) is 0 Å². The Morgan fingerprint density at radius 2 is 2.62 bits per heavy atom. The summed E-state index contributed by atoms with van der Waals surface area (Å²) in [6.07, 6.45) is 3.05. The lowest BCUT2D eigenvalue weighted by Crippen LogP contribution is -2.23. The summed E-state index contributed by atoms with van der Waals surface area (Å²) in [6, 6.07) is 0.429. The number of hydrogen-bond acceptors (Lipinski definition) is 4. The highest BCUT2D eigenvalue weighted by molar-refractivity contribution is 4.85. The molecule has 13 heavy (non-hydrogen) atoms. The smallest absolute Gasteiger partial charge is 0.392 e. The van der Waals surface area contributed by atoms with Gasteiger partial charge in [0.25, 0.3) is 0 Å². The quantitative estimate of drug-likeness (QED) is 0.682. The average Bonchev–Trinajstić information content (AvgIpc) is 2.64. The minimum Gasteiger partial charge on any atom is -0.392 e. The minimum atomic E-state index is -0.381. The number of hydrogen-bond donors (Lipinski definition) is 1. The van der Waals surface area contributed by atoms with Crippen molar-refractivity contribution in [1.82, 2.24) is 15.1 Å². The molecule has 1 fully saturated rings. The third-order valence-electron chi connectivity index (χ3n) is 2.31. The van der Waals surface area contributed by atoms with Gasteiger partial charge in [-0.2, -0.15) is 4.68 Å². The van der Waals surface area contributed by atoms with Crippen LogP contribution in [0.2, 0.25) is 0 Å². The molecule has 1 aliphatic heterocycles. The molecule has 72 valence electrons. The number of nitrogens with zero attached hydrogens (tertiary/aromatic N) is 2. The van der Waals surface area contributed by atoms with Gasteiger partial charge in [-0.15, -0.1) is 5.10 Å². The molecular formula is C8H13N3O2. The number of rotatable bonds is 2. The minimum absolute atomic E-state index is 0.381. The van der Waals surface area contributed by atoms with E-state index in [9.17, 15) is 4.79 Å². The van der Waals surface area contributed by atoms with Crippen molar-refractivity contribution >= 4 is 0 Å². The van der Waals surface area contributed by atoms with Crippen molar-refractivity contribution in [3.8, 4) is 0 Å². The van der Waals surface area contributed by atoms with Crippen LogP contribution in [0.5, 0.6) is 0 Å². The van der Waals surface area contributed by atoms with Crippen molar-refractivity contribution in [3.05, 3.63) is 16.4 Å². The van der Waals surface area contributed by atoms with Gasteiger partial charge in [0, 0.05) is 19.5 Å². The summed E-state index contributed by atoms with van der Waals surface area (Å²) in [5.74, 6) is 0.153. The highest BCUT2D eigenvalue weighted by atomic mass is 16.4. The highest BCUT2D eigenvalue weighted by Crippen LogP contribution is 2.09. The monoisotopic (exact) mass is 183 g/mol. The highest BCUT2D eigenvalue weighted by Gasteiger charge is 2.17. The maximum atomic E-state index is 10.9. The van der Waals surface area contributed by atoms with Crippen LogP contribution >= 0.6 is 0 Å². The van der Waals surface area contributed by atoms with E-state index >= 15 is 0 Å². The first-order valence-electron chi connectivity index (χ1n) is 4.52. The number of aryl methyl sites for hydroxylation is 1. The Labute approximate surface area is 75.7 Å². The van der Waals surface area contributed by atoms with Crippen LogP contribution in [0.15, 0.2) is 9.21 Å². The largest absolute Gasteiger partial charge is 0.436 e. The third kappa shape index (κ3) is 1.80. The fourth-order valence-corrected chi connectivity index (χ4v) is 1.62. The zero-order valence-corrected chi connectivity index (χ0v) is 7.62. The Bertz CT molecular complexity index is 335. The van der Waals surface area contributed by atoms with Crippen LogP contribution in [0.25, 0.3) is 0 Å². The third-order valence-corrected chi connectivity index (χ3v) is 2.31. The molecular weight excluding hydrogens is 170 g/mol. The van der Waals surface area contributed by atoms with Gasteiger partial charge in [-0.25, -0.2) is 4.79 Å². The Balaban J connectivity index is 2.04. The molecule has 0 radical (unpaired) electrons. The molecule has 1 saturated heterocycles. The predicted molar refractivity (Wildman–Crippen MR) is 46.5 cm³/mol. The van der Waals surface area contributed by atoms with Crippen LogP contribution in [0.1, 0.15) is 18.7 Å². The summed E-state index contributed by atoms with van der Waals surface area (Å²) < 4.78 is 6.16. The van der Waals surface area contributed by atoms with Crippen molar-refractivity contribution < 1.29 is 4.42 Å². The van der Waals surface area contributed by atoms with Crippen molar-refractivity contribution in [2.45, 2.75) is 25.3 Å². The van der Waals surface area contributed by atoms with Crippen LogP contribution in [0, 0.1) is 0 Å². The van der Waals surface area contributed by atoms with E-state index in [-0.39, 0.29) is 5.76 Å². The molecule has 2 rings (SSSR count). The maximum Gasteiger partial charge on any atom is 0.436 e. The lowest BCUT2D eigenvalue weighted by molar-refractivity contribution is 0.429. The van der Waals surface area contributed by atoms with E-state index in [2.05, 4.69) is 10.4 Å². The summed E-state index contributed by atoms with van der Waals surface area (Å²) in [6.45, 7) is 1.06. The lowest BCUT2D eigenvalue weighted by Gasteiger charge is -2.04. The van der Waals surface area contributed by atoms with Gasteiger partial charge < -0.3 is 9.73 Å². The van der Waals surface area contributed by atoms with Crippen molar-refractivity contribution in [2.24, 2.45) is 7.05 Å². The molecule has 1 N–H and O–H groups in total. The standard InChI is InChI=1S/C8H13N3O2/c1-11-8(12)13-7(10-11)5-6-3-2-4-9-6/h6,9H,2-5H2,1H3. The van der Waals surface area contributed by atoms with Gasteiger partial charge in [0.1, 0.15) is 0 Å². The Morgan fingerprint density at radius 3 is 3.15 bits per heavy atom. The van der Waals surface area contributed by atoms with E-state index in [4.69, 9.17) is 4.42 Å². The molecule has 0 aliphatic carbocycles. The van der Waals surface area contributed by atoms with Gasteiger partial charge in [0.2, 0.25) is 5.89 Å². The van der Waals surface area contributed by atoms with Crippen molar-refractivity contribution in [3.63, 3.8) is 0 Å². The lowest BCUT2D eigenvalue weighted by atomic mass is 10.2. The normalized spacial score (nSPS) is 22.4. The fourth-order valence-electron chi connectivity index (χ4n) is 1.62. The topological polar surface area (TPSA) is 60.1 Å². The molecule has 0 bridgehead atoms. The average molecular weight is 183 g/mol. The molecule has 1 aromatic rings. The van der Waals surface area contributed by atoms with Crippen molar-refractivity contribution in [1.29, 1.82) is 0 Å². The molecule has 0 spiro atoms. The molecule has 1 atom stereocenters. The van der Waals surface area contributed by atoms with Crippen LogP contribution < -0.4 is 11.1 Å². The van der Waals surface area contributed by atoms with Gasteiger partial charge in [0.05, 0.1) is 0 Å². The molecule has 0 aromatic carbocycles. The van der Waals surface area contributed by atoms with Gasteiger partial charge >= 0.3 is 5.76 Å². The first-order valence-corrected chi connectivity index (χ1v) is 4.52. The fraction of sp³-hybridized carbons (Fsp3) is 0.750. The van der Waals surface area contributed by atoms with Gasteiger partial charge in [-0.05, 0) is 19.4 Å². The summed E-state index contributed by atoms with van der Waals surface area (Å²) >= 11 is 0. The van der Waals surface area contributed by atoms with Crippen LogP contribution in [-0.2, 0) is 13.5 Å². The van der Waals surface area contributed by atoms with E-state index in [0.29, 0.717) is 11.9 Å². The van der Waals surface area contributed by atoms with E-state index in [0.717, 1.165) is 19.4 Å². The zero-order chi connectivity index (χ0) is 9.26. The molecule has 0 saturated carbocycles. The first-order chi connectivity index (χ1) is 6.25. The second-order valence-electron chi connectivity index (χ2n) is 3.38. The second-order valence-corrected chi connectivity index (χ2v) is 3.38. The molecule has 5 nitrogen and oxygen atoms in total. The van der Waals surface area contributed by atoms with E-state index < -0.39 is 0 Å². The van der Waals surface area contributed by atoms with Crippen molar-refractivity contribution in [2.75, 3.05) is 6.54 Å². The summed E-state index contributed by atoms with van der Waals surface area (Å²) in [5.41, 5.74) is 0. The van der Waals surface area contributed by atoms with Gasteiger partial charge in [-0.3, -0.25) is 0 Å². The summed E-state index contributed by atoms with van der Waals surface area (Å²) in [4.78, 5) is 10.9. The first kappa shape index (κ1) is 8.50. The van der Waals surface area contributed by atoms with Crippen LogP contribution in [0.4, 0.5) is 0 Å². The van der Waals surface area contributed by atoms with E-state index in [1.165, 1.54) is 11.1 Å². The second kappa shape index (κ2) is 3.33. The van der Waals surface area contributed by atoms with E-state index in [1.54, 1.807) is 7.05 Å². The zero-order valence-electron chi connectivity index (χ0n) is 7.62. The molecule has 1 aliphatic rings. The summed E-state index contributed by atoms with van der Waals surface area (Å²) in [5, 5.41) is 7.29. The Morgan fingerprint density at radius 1 is 1.77 bits per heavy atom. The molecule has 5 heteroatoms. The predicted octanol–water partition coefficient (Wildman–Crippen LogP) is -0.332. The molecule has 1 aromatic heterocycles. The van der Waals surface area contributed by atoms with Crippen LogP contribution in [-0.4, -0.2) is 22.4 Å². The SMILES string of the molecule is Cn1nc(CC2CCCN2)oc1=O. The molecule has 2 heterocycles. The Kier molecular flexibility index (Phi) is 2.18. The number of nitrogens with one attached hydrogen (secondary N) is 1. The summed E-state index contributed by atoms with van der Waals surface area (Å²) in [7, 11) is 1.59. The Hall–Kier alpha value is -1.10. The van der Waals surface area contributed by atoms with Crippen LogP contribution in [0.3, 0.4) is 0 Å². The van der Waals surface area contributed by atoms with Gasteiger partial charge in [0.15, 0.2) is 0 Å². The molecule has 1 unspecified atom stereocenters.